The number of sulfone groups is 1. The lowest BCUT2D eigenvalue weighted by atomic mass is 10.1. The summed E-state index contributed by atoms with van der Waals surface area (Å²) in [5.74, 6) is 1.01. The first-order valence-electron chi connectivity index (χ1n) is 7.27. The Balaban J connectivity index is 1.52. The predicted molar refractivity (Wildman–Crippen MR) is 81.9 cm³/mol. The van der Waals surface area contributed by atoms with Crippen molar-refractivity contribution in [2.45, 2.75) is 19.4 Å². The number of fused-ring (bicyclic) bond motifs is 1. The molecule has 0 amide bonds. The minimum atomic E-state index is -2.75. The highest BCUT2D eigenvalue weighted by Gasteiger charge is 2.27. The summed E-state index contributed by atoms with van der Waals surface area (Å²) in [7, 11) is -0.621. The lowest BCUT2D eigenvalue weighted by molar-refractivity contribution is 0.521. The molecule has 1 fully saturated rings. The maximum atomic E-state index is 11.4. The first-order chi connectivity index (χ1) is 9.53. The van der Waals surface area contributed by atoms with Crippen molar-refractivity contribution in [3.63, 3.8) is 0 Å². The standard InChI is InChI=1S/C15H22N2O2S/c1-17-6-4-14-8-12(2-3-15(14)17)9-16-10-13-5-7-20(18,19)11-13/h2-3,8,13,16H,4-7,9-11H2,1H3. The smallest absolute Gasteiger partial charge is 0.150 e. The Kier molecular flexibility index (Phi) is 3.73. The molecule has 3 rings (SSSR count). The van der Waals surface area contributed by atoms with Gasteiger partial charge in [0, 0.05) is 25.8 Å². The van der Waals surface area contributed by atoms with Gasteiger partial charge in [-0.1, -0.05) is 12.1 Å². The van der Waals surface area contributed by atoms with Gasteiger partial charge in [0.2, 0.25) is 0 Å². The quantitative estimate of drug-likeness (QED) is 0.906. The van der Waals surface area contributed by atoms with Crippen LogP contribution in [0.1, 0.15) is 17.5 Å². The van der Waals surface area contributed by atoms with Crippen molar-refractivity contribution in [3.8, 4) is 0 Å². The molecule has 110 valence electrons. The number of nitrogens with one attached hydrogen (secondary N) is 1. The zero-order valence-electron chi connectivity index (χ0n) is 11.9. The fourth-order valence-electron chi connectivity index (χ4n) is 3.18. The van der Waals surface area contributed by atoms with Crippen LogP contribution in [0.2, 0.25) is 0 Å². The highest BCUT2D eigenvalue weighted by atomic mass is 32.2. The third kappa shape index (κ3) is 2.99. The molecule has 1 aromatic rings. The molecule has 1 N–H and O–H groups in total. The average Bonchev–Trinajstić information content (AvgIpc) is 2.93. The number of hydrogen-bond acceptors (Lipinski definition) is 4. The largest absolute Gasteiger partial charge is 0.374 e. The highest BCUT2D eigenvalue weighted by Crippen LogP contribution is 2.27. The van der Waals surface area contributed by atoms with Crippen molar-refractivity contribution in [3.05, 3.63) is 29.3 Å². The third-order valence-electron chi connectivity index (χ3n) is 4.36. The second kappa shape index (κ2) is 5.37. The van der Waals surface area contributed by atoms with Crippen LogP contribution < -0.4 is 10.2 Å². The molecule has 1 unspecified atom stereocenters. The van der Waals surface area contributed by atoms with Crippen LogP contribution in [-0.4, -0.2) is 40.1 Å². The molecule has 0 spiro atoms. The molecule has 4 nitrogen and oxygen atoms in total. The van der Waals surface area contributed by atoms with Crippen LogP contribution in [0.25, 0.3) is 0 Å². The molecular weight excluding hydrogens is 272 g/mol. The van der Waals surface area contributed by atoms with E-state index in [4.69, 9.17) is 0 Å². The molecule has 20 heavy (non-hydrogen) atoms. The maximum Gasteiger partial charge on any atom is 0.150 e. The van der Waals surface area contributed by atoms with Gasteiger partial charge in [0.15, 0.2) is 9.84 Å². The summed E-state index contributed by atoms with van der Waals surface area (Å²) >= 11 is 0. The van der Waals surface area contributed by atoms with Crippen LogP contribution in [0.3, 0.4) is 0 Å². The van der Waals surface area contributed by atoms with Gasteiger partial charge in [-0.2, -0.15) is 0 Å². The minimum Gasteiger partial charge on any atom is -0.374 e. The molecule has 2 aliphatic rings. The van der Waals surface area contributed by atoms with Gasteiger partial charge in [-0.25, -0.2) is 8.42 Å². The monoisotopic (exact) mass is 294 g/mol. The fraction of sp³-hybridized carbons (Fsp3) is 0.600. The zero-order chi connectivity index (χ0) is 14.2. The molecule has 0 aliphatic carbocycles. The summed E-state index contributed by atoms with van der Waals surface area (Å²) in [6.45, 7) is 2.73. The van der Waals surface area contributed by atoms with Gasteiger partial charge >= 0.3 is 0 Å². The van der Waals surface area contributed by atoms with Gasteiger partial charge in [0.25, 0.3) is 0 Å². The van der Waals surface area contributed by atoms with E-state index >= 15 is 0 Å². The van der Waals surface area contributed by atoms with E-state index in [0.717, 1.165) is 32.5 Å². The van der Waals surface area contributed by atoms with E-state index < -0.39 is 9.84 Å². The van der Waals surface area contributed by atoms with Crippen LogP contribution in [0.15, 0.2) is 18.2 Å². The van der Waals surface area contributed by atoms with Gasteiger partial charge in [-0.3, -0.25) is 0 Å². The molecule has 5 heteroatoms. The van der Waals surface area contributed by atoms with Gasteiger partial charge < -0.3 is 10.2 Å². The minimum absolute atomic E-state index is 0.292. The SMILES string of the molecule is CN1CCc2cc(CNCC3CCS(=O)(=O)C3)ccc21. The van der Waals surface area contributed by atoms with E-state index in [2.05, 4.69) is 35.5 Å². The Hall–Kier alpha value is -1.07. The highest BCUT2D eigenvalue weighted by molar-refractivity contribution is 7.91. The van der Waals surface area contributed by atoms with Gasteiger partial charge in [-0.15, -0.1) is 0 Å². The second-order valence-electron chi connectivity index (χ2n) is 6.03. The molecule has 2 heterocycles. The number of rotatable bonds is 4. The van der Waals surface area contributed by atoms with E-state index in [-0.39, 0.29) is 0 Å². The topological polar surface area (TPSA) is 49.4 Å². The Morgan fingerprint density at radius 2 is 2.25 bits per heavy atom. The molecule has 0 aromatic heterocycles. The number of likely N-dealkylation sites (N-methyl/N-ethyl adjacent to an activating group) is 1. The molecule has 2 aliphatic heterocycles. The van der Waals surface area contributed by atoms with Gasteiger partial charge in [0.1, 0.15) is 0 Å². The summed E-state index contributed by atoms with van der Waals surface area (Å²) in [5, 5.41) is 3.41. The summed E-state index contributed by atoms with van der Waals surface area (Å²) < 4.78 is 22.8. The number of nitrogens with zero attached hydrogens (tertiary/aromatic N) is 1. The van der Waals surface area contributed by atoms with Crippen molar-refractivity contribution in [2.75, 3.05) is 36.5 Å². The normalized spacial score (nSPS) is 24.1. The third-order valence-corrected chi connectivity index (χ3v) is 6.20. The Bertz CT molecular complexity index is 598. The van der Waals surface area contributed by atoms with Crippen LogP contribution in [0.4, 0.5) is 5.69 Å². The fourth-order valence-corrected chi connectivity index (χ4v) is 5.05. The maximum absolute atomic E-state index is 11.4. The number of benzene rings is 1. The summed E-state index contributed by atoms with van der Waals surface area (Å²) in [6, 6.07) is 6.63. The van der Waals surface area contributed by atoms with Crippen LogP contribution >= 0.6 is 0 Å². The molecule has 1 atom stereocenters. The molecular formula is C15H22N2O2S. The van der Waals surface area contributed by atoms with Crippen molar-refractivity contribution < 1.29 is 8.42 Å². The summed E-state index contributed by atoms with van der Waals surface area (Å²) in [4.78, 5) is 2.29. The molecule has 0 radical (unpaired) electrons. The van der Waals surface area contributed by atoms with Crippen molar-refractivity contribution in [2.24, 2.45) is 5.92 Å². The Labute approximate surface area is 121 Å². The summed E-state index contributed by atoms with van der Waals surface area (Å²) in [6.07, 6.45) is 1.94. The van der Waals surface area contributed by atoms with Crippen LogP contribution in [0.5, 0.6) is 0 Å². The molecule has 0 saturated carbocycles. The summed E-state index contributed by atoms with van der Waals surface area (Å²) in [5.41, 5.74) is 4.06. The Morgan fingerprint density at radius 1 is 1.40 bits per heavy atom. The first kappa shape index (κ1) is 13.9. The predicted octanol–water partition coefficient (Wildman–Crippen LogP) is 1.20. The second-order valence-corrected chi connectivity index (χ2v) is 8.26. The van der Waals surface area contributed by atoms with E-state index in [1.165, 1.54) is 16.8 Å². The van der Waals surface area contributed by atoms with Crippen molar-refractivity contribution >= 4 is 15.5 Å². The number of hydrogen-bond donors (Lipinski definition) is 1. The van der Waals surface area contributed by atoms with Crippen LogP contribution in [0, 0.1) is 5.92 Å². The first-order valence-corrected chi connectivity index (χ1v) is 9.10. The van der Waals surface area contributed by atoms with Gasteiger partial charge in [-0.05, 0) is 42.5 Å². The van der Waals surface area contributed by atoms with E-state index in [9.17, 15) is 8.42 Å². The van der Waals surface area contributed by atoms with Crippen LogP contribution in [-0.2, 0) is 22.8 Å². The van der Waals surface area contributed by atoms with Gasteiger partial charge in [0.05, 0.1) is 11.5 Å². The Morgan fingerprint density at radius 3 is 3.00 bits per heavy atom. The van der Waals surface area contributed by atoms with E-state index in [0.29, 0.717) is 17.4 Å². The number of anilines is 1. The van der Waals surface area contributed by atoms with E-state index in [1.807, 2.05) is 0 Å². The zero-order valence-corrected chi connectivity index (χ0v) is 12.7. The average molecular weight is 294 g/mol. The van der Waals surface area contributed by atoms with Crippen molar-refractivity contribution in [1.82, 2.24) is 5.32 Å². The van der Waals surface area contributed by atoms with E-state index in [1.54, 1.807) is 0 Å². The molecule has 1 saturated heterocycles. The molecule has 0 bridgehead atoms. The van der Waals surface area contributed by atoms with Crippen molar-refractivity contribution in [1.29, 1.82) is 0 Å². The lowest BCUT2D eigenvalue weighted by Crippen LogP contribution is -2.23. The lowest BCUT2D eigenvalue weighted by Gasteiger charge is -2.13. The molecule has 1 aromatic carbocycles.